The van der Waals surface area contributed by atoms with E-state index < -0.39 is 0 Å². The van der Waals surface area contributed by atoms with Crippen molar-refractivity contribution in [2.75, 3.05) is 12.3 Å². The van der Waals surface area contributed by atoms with Crippen LogP contribution in [-0.2, 0) is 4.79 Å². The highest BCUT2D eigenvalue weighted by atomic mass is 35.5. The summed E-state index contributed by atoms with van der Waals surface area (Å²) in [6, 6.07) is 5.47. The number of fused-ring (bicyclic) bond motifs is 1. The maximum atomic E-state index is 11.3. The number of benzene rings is 1. The zero-order valence-electron chi connectivity index (χ0n) is 9.29. The summed E-state index contributed by atoms with van der Waals surface area (Å²) in [6.45, 7) is 2.54. The maximum Gasteiger partial charge on any atom is 0.230 e. The number of halogens is 1. The number of carbonyl (C=O) groups is 1. The first-order chi connectivity index (χ1) is 8.19. The van der Waals surface area contributed by atoms with Crippen molar-refractivity contribution in [3.8, 4) is 0 Å². The molecule has 1 amide bonds. The molecule has 0 spiro atoms. The third-order valence-corrected chi connectivity index (χ3v) is 3.24. The lowest BCUT2D eigenvalue weighted by Gasteiger charge is -1.98. The Kier molecular flexibility index (Phi) is 3.91. The molecule has 2 rings (SSSR count). The standard InChI is InChI=1S/C11H12ClN3OS/c1-2-13-10(16)6-17-11-14-8-4-3-7(12)5-9(8)15-11/h3-5H,2,6H2,1H3,(H,13,16)(H,14,15). The van der Waals surface area contributed by atoms with Crippen LogP contribution in [-0.4, -0.2) is 28.2 Å². The molecule has 0 aliphatic rings. The lowest BCUT2D eigenvalue weighted by Crippen LogP contribution is -2.24. The first-order valence-corrected chi connectivity index (χ1v) is 6.60. The Morgan fingerprint density at radius 1 is 1.59 bits per heavy atom. The number of nitrogens with zero attached hydrogens (tertiary/aromatic N) is 1. The van der Waals surface area contributed by atoms with Crippen LogP contribution in [0.3, 0.4) is 0 Å². The molecule has 0 fully saturated rings. The van der Waals surface area contributed by atoms with Crippen LogP contribution in [0.5, 0.6) is 0 Å². The number of aromatic nitrogens is 2. The summed E-state index contributed by atoms with van der Waals surface area (Å²) in [6.07, 6.45) is 0. The van der Waals surface area contributed by atoms with E-state index in [1.54, 1.807) is 6.07 Å². The fraction of sp³-hybridized carbons (Fsp3) is 0.273. The van der Waals surface area contributed by atoms with Crippen LogP contribution in [0.4, 0.5) is 0 Å². The van der Waals surface area contributed by atoms with Crippen molar-refractivity contribution in [1.82, 2.24) is 15.3 Å². The van der Waals surface area contributed by atoms with Crippen molar-refractivity contribution in [3.63, 3.8) is 0 Å². The summed E-state index contributed by atoms with van der Waals surface area (Å²) in [5, 5.41) is 4.13. The van der Waals surface area contributed by atoms with Crippen molar-refractivity contribution in [3.05, 3.63) is 23.2 Å². The van der Waals surface area contributed by atoms with Crippen LogP contribution in [0.25, 0.3) is 11.0 Å². The minimum absolute atomic E-state index is 0.0102. The first kappa shape index (κ1) is 12.3. The third kappa shape index (κ3) is 3.14. The van der Waals surface area contributed by atoms with Gasteiger partial charge in [-0.05, 0) is 25.1 Å². The lowest BCUT2D eigenvalue weighted by atomic mass is 10.3. The van der Waals surface area contributed by atoms with Crippen LogP contribution in [0, 0.1) is 0 Å². The molecule has 0 saturated heterocycles. The number of H-pyrrole nitrogens is 1. The molecule has 0 saturated carbocycles. The van der Waals surface area contributed by atoms with E-state index in [0.29, 0.717) is 17.3 Å². The zero-order valence-corrected chi connectivity index (χ0v) is 10.9. The van der Waals surface area contributed by atoms with E-state index in [4.69, 9.17) is 11.6 Å². The molecule has 90 valence electrons. The van der Waals surface area contributed by atoms with Gasteiger partial charge in [0.2, 0.25) is 5.91 Å². The second-order valence-electron chi connectivity index (χ2n) is 3.45. The van der Waals surface area contributed by atoms with E-state index in [1.165, 1.54) is 11.8 Å². The van der Waals surface area contributed by atoms with E-state index in [0.717, 1.165) is 16.2 Å². The Hall–Kier alpha value is -1.20. The van der Waals surface area contributed by atoms with Crippen molar-refractivity contribution in [2.45, 2.75) is 12.1 Å². The number of carbonyl (C=O) groups excluding carboxylic acids is 1. The Morgan fingerprint density at radius 2 is 2.41 bits per heavy atom. The van der Waals surface area contributed by atoms with Crippen LogP contribution in [0.2, 0.25) is 5.02 Å². The number of hydrogen-bond donors (Lipinski definition) is 2. The maximum absolute atomic E-state index is 11.3. The molecular weight excluding hydrogens is 258 g/mol. The molecule has 0 unspecified atom stereocenters. The average Bonchev–Trinajstić information content (AvgIpc) is 2.68. The van der Waals surface area contributed by atoms with Gasteiger partial charge in [-0.3, -0.25) is 4.79 Å². The molecule has 1 heterocycles. The molecule has 17 heavy (non-hydrogen) atoms. The van der Waals surface area contributed by atoms with E-state index in [9.17, 15) is 4.79 Å². The fourth-order valence-corrected chi connectivity index (χ4v) is 2.30. The first-order valence-electron chi connectivity index (χ1n) is 5.24. The predicted molar refractivity (Wildman–Crippen MR) is 70.5 cm³/mol. The van der Waals surface area contributed by atoms with Crippen LogP contribution < -0.4 is 5.32 Å². The number of imidazole rings is 1. The van der Waals surface area contributed by atoms with Crippen LogP contribution in [0.15, 0.2) is 23.4 Å². The Morgan fingerprint density at radius 3 is 3.18 bits per heavy atom. The summed E-state index contributed by atoms with van der Waals surface area (Å²) in [4.78, 5) is 18.8. The fourth-order valence-electron chi connectivity index (χ4n) is 1.41. The quantitative estimate of drug-likeness (QED) is 0.839. The van der Waals surface area contributed by atoms with Gasteiger partial charge in [0.15, 0.2) is 5.16 Å². The molecular formula is C11H12ClN3OS. The molecule has 0 bridgehead atoms. The second-order valence-corrected chi connectivity index (χ2v) is 4.85. The molecule has 2 aromatic rings. The van der Waals surface area contributed by atoms with E-state index in [2.05, 4.69) is 15.3 Å². The minimum Gasteiger partial charge on any atom is -0.356 e. The van der Waals surface area contributed by atoms with Gasteiger partial charge >= 0.3 is 0 Å². The van der Waals surface area contributed by atoms with Crippen molar-refractivity contribution in [2.24, 2.45) is 0 Å². The molecule has 0 aliphatic carbocycles. The number of thioether (sulfide) groups is 1. The number of amides is 1. The molecule has 6 heteroatoms. The summed E-state index contributed by atoms with van der Waals surface area (Å²) >= 11 is 7.26. The summed E-state index contributed by atoms with van der Waals surface area (Å²) < 4.78 is 0. The SMILES string of the molecule is CCNC(=O)CSc1nc2ccc(Cl)cc2[nH]1. The van der Waals surface area contributed by atoms with E-state index in [1.807, 2.05) is 19.1 Å². The number of hydrogen-bond acceptors (Lipinski definition) is 3. The zero-order chi connectivity index (χ0) is 12.3. The summed E-state index contributed by atoms with van der Waals surface area (Å²) in [5.41, 5.74) is 1.74. The Balaban J connectivity index is 2.07. The molecule has 0 radical (unpaired) electrons. The van der Waals surface area contributed by atoms with Crippen molar-refractivity contribution >= 4 is 40.3 Å². The van der Waals surface area contributed by atoms with Crippen molar-refractivity contribution < 1.29 is 4.79 Å². The highest BCUT2D eigenvalue weighted by molar-refractivity contribution is 7.99. The monoisotopic (exact) mass is 269 g/mol. The smallest absolute Gasteiger partial charge is 0.230 e. The van der Waals surface area contributed by atoms with Gasteiger partial charge in [0.25, 0.3) is 0 Å². The predicted octanol–water partition coefficient (Wildman–Crippen LogP) is 2.44. The number of rotatable bonds is 4. The van der Waals surface area contributed by atoms with E-state index >= 15 is 0 Å². The lowest BCUT2D eigenvalue weighted by molar-refractivity contribution is -0.118. The normalized spacial score (nSPS) is 10.7. The van der Waals surface area contributed by atoms with Gasteiger partial charge in [0, 0.05) is 11.6 Å². The third-order valence-electron chi connectivity index (χ3n) is 2.14. The Labute approximate surface area is 108 Å². The summed E-state index contributed by atoms with van der Waals surface area (Å²) in [5.74, 6) is 0.373. The molecule has 0 atom stereocenters. The average molecular weight is 270 g/mol. The van der Waals surface area contributed by atoms with Gasteiger partial charge in [0.1, 0.15) is 0 Å². The van der Waals surface area contributed by atoms with Crippen LogP contribution >= 0.6 is 23.4 Å². The second kappa shape index (κ2) is 5.42. The molecule has 1 aromatic heterocycles. The molecule has 0 aliphatic heterocycles. The van der Waals surface area contributed by atoms with Gasteiger partial charge in [-0.1, -0.05) is 23.4 Å². The molecule has 1 aromatic carbocycles. The number of aromatic amines is 1. The number of nitrogens with one attached hydrogen (secondary N) is 2. The largest absolute Gasteiger partial charge is 0.356 e. The van der Waals surface area contributed by atoms with Gasteiger partial charge in [-0.25, -0.2) is 4.98 Å². The van der Waals surface area contributed by atoms with Crippen molar-refractivity contribution in [1.29, 1.82) is 0 Å². The van der Waals surface area contributed by atoms with Crippen LogP contribution in [0.1, 0.15) is 6.92 Å². The summed E-state index contributed by atoms with van der Waals surface area (Å²) in [7, 11) is 0. The molecule has 4 nitrogen and oxygen atoms in total. The van der Waals surface area contributed by atoms with Gasteiger partial charge < -0.3 is 10.3 Å². The Bertz CT molecular complexity index is 540. The van der Waals surface area contributed by atoms with Gasteiger partial charge in [0.05, 0.1) is 16.8 Å². The minimum atomic E-state index is 0.0102. The topological polar surface area (TPSA) is 57.8 Å². The highest BCUT2D eigenvalue weighted by Crippen LogP contribution is 2.21. The highest BCUT2D eigenvalue weighted by Gasteiger charge is 2.06. The van der Waals surface area contributed by atoms with Gasteiger partial charge in [-0.2, -0.15) is 0 Å². The van der Waals surface area contributed by atoms with Gasteiger partial charge in [-0.15, -0.1) is 0 Å². The molecule has 2 N–H and O–H groups in total. The van der Waals surface area contributed by atoms with E-state index in [-0.39, 0.29) is 5.91 Å².